The minimum atomic E-state index is -0.750. The van der Waals surface area contributed by atoms with Crippen LogP contribution in [0.1, 0.15) is 10.6 Å². The molecule has 1 rings (SSSR count). The van der Waals surface area contributed by atoms with E-state index in [1.807, 2.05) is 0 Å². The Hall–Kier alpha value is 1.22. The molecule has 0 aliphatic heterocycles. The fourth-order valence-corrected chi connectivity index (χ4v) is 0.358. The molecule has 0 amide bonds. The third-order valence-electron chi connectivity index (χ3n) is 0.659. The summed E-state index contributed by atoms with van der Waals surface area (Å²) in [5.41, 5.74) is 0. The summed E-state index contributed by atoms with van der Waals surface area (Å²) in [6.45, 7) is 0. The zero-order valence-electron chi connectivity index (χ0n) is 6.85. The molecule has 0 unspecified atom stereocenters. The molecule has 1 aromatic heterocycles. The molecule has 0 atom stereocenters. The summed E-state index contributed by atoms with van der Waals surface area (Å²) in [5.74, 6) is 0.375. The molecule has 1 aromatic rings. The Labute approximate surface area is 119 Å². The fraction of sp³-hybridized carbons (Fsp3) is 0. The molecular formula is C5H4Na2O4S. The summed E-state index contributed by atoms with van der Waals surface area (Å²) in [5, 5.41) is 0. The van der Waals surface area contributed by atoms with E-state index in [4.69, 9.17) is 9.11 Å². The fourth-order valence-electron chi connectivity index (χ4n) is 0.358. The van der Waals surface area contributed by atoms with Crippen LogP contribution < -0.4 is 59.1 Å². The van der Waals surface area contributed by atoms with Gasteiger partial charge in [-0.25, -0.2) is 0 Å². The van der Waals surface area contributed by atoms with E-state index in [0.29, 0.717) is 12.0 Å². The van der Waals surface area contributed by atoms with Crippen LogP contribution in [0.15, 0.2) is 22.8 Å². The van der Waals surface area contributed by atoms with Crippen molar-refractivity contribution in [2.75, 3.05) is 0 Å². The zero-order valence-corrected chi connectivity index (χ0v) is 11.7. The Balaban J connectivity index is -0.000000146. The van der Waals surface area contributed by atoms with Gasteiger partial charge in [-0.15, -0.1) is 0 Å². The summed E-state index contributed by atoms with van der Waals surface area (Å²) >= 11 is -0.750. The van der Waals surface area contributed by atoms with Gasteiger partial charge >= 0.3 is 59.1 Å². The summed E-state index contributed by atoms with van der Waals surface area (Å²) in [6, 6.07) is 3.27. The summed E-state index contributed by atoms with van der Waals surface area (Å²) in [6.07, 6.45) is 2.13. The molecule has 0 saturated heterocycles. The molecule has 7 heteroatoms. The van der Waals surface area contributed by atoms with Gasteiger partial charge in [0.2, 0.25) is 0 Å². The van der Waals surface area contributed by atoms with Crippen molar-refractivity contribution in [1.29, 1.82) is 0 Å². The van der Waals surface area contributed by atoms with Crippen LogP contribution in [0.4, 0.5) is 0 Å². The van der Waals surface area contributed by atoms with Crippen LogP contribution in [0, 0.1) is 0 Å². The van der Waals surface area contributed by atoms with Crippen LogP contribution in [-0.2, 0) is 0 Å². The van der Waals surface area contributed by atoms with Crippen LogP contribution in [0.25, 0.3) is 0 Å². The van der Waals surface area contributed by atoms with E-state index in [1.165, 1.54) is 6.26 Å². The van der Waals surface area contributed by atoms with Gasteiger partial charge < -0.3 is 25.8 Å². The Morgan fingerprint density at radius 1 is 1.42 bits per heavy atom. The van der Waals surface area contributed by atoms with Crippen LogP contribution in [-0.4, -0.2) is 15.4 Å². The minimum absolute atomic E-state index is 0. The van der Waals surface area contributed by atoms with E-state index in [-0.39, 0.29) is 59.1 Å². The zero-order chi connectivity index (χ0) is 7.82. The molecule has 0 radical (unpaired) electrons. The van der Waals surface area contributed by atoms with Crippen LogP contribution in [0.3, 0.4) is 0 Å². The molecule has 0 aromatic carbocycles. The largest absolute Gasteiger partial charge is 1.00 e. The molecule has 0 N–H and O–H groups in total. The maximum atomic E-state index is 9.77. The van der Waals surface area contributed by atoms with Crippen molar-refractivity contribution in [2.24, 2.45) is 0 Å². The Morgan fingerprint density at radius 3 is 2.08 bits per heavy atom. The van der Waals surface area contributed by atoms with Gasteiger partial charge in [-0.05, 0) is 12.1 Å². The summed E-state index contributed by atoms with van der Waals surface area (Å²) in [4.78, 5) is 9.77. The molecule has 56 valence electrons. The van der Waals surface area contributed by atoms with Crippen molar-refractivity contribution in [3.63, 3.8) is 0 Å². The number of furan rings is 1. The van der Waals surface area contributed by atoms with Crippen molar-refractivity contribution in [1.82, 2.24) is 0 Å². The molecule has 0 aliphatic carbocycles. The maximum absolute atomic E-state index is 9.77. The number of aldehydes is 1. The van der Waals surface area contributed by atoms with Crippen molar-refractivity contribution in [2.45, 2.75) is 0 Å². The van der Waals surface area contributed by atoms with Gasteiger partial charge in [0.05, 0.1) is 6.26 Å². The maximum Gasteiger partial charge on any atom is 1.00 e. The van der Waals surface area contributed by atoms with E-state index in [2.05, 4.69) is 4.42 Å². The first-order valence-electron chi connectivity index (χ1n) is 2.25. The van der Waals surface area contributed by atoms with Gasteiger partial charge in [0, 0.05) is 0 Å². The standard InChI is InChI=1S/C5H4O2.2Na.H2O2S/c6-4-5-2-1-3-7-5;;;1-3-2/h1-4H;;;1-2H/q;2*+1;/p-2. The molecule has 0 fully saturated rings. The summed E-state index contributed by atoms with van der Waals surface area (Å²) < 4.78 is 21.2. The van der Waals surface area contributed by atoms with Gasteiger partial charge in [0.1, 0.15) is 0 Å². The third-order valence-corrected chi connectivity index (χ3v) is 0.659. The normalized spacial score (nSPS) is 6.50. The molecule has 12 heavy (non-hydrogen) atoms. The van der Waals surface area contributed by atoms with Crippen LogP contribution in [0.2, 0.25) is 0 Å². The van der Waals surface area contributed by atoms with Crippen LogP contribution >= 0.6 is 12.3 Å². The first-order chi connectivity index (χ1) is 4.85. The second kappa shape index (κ2) is 14.7. The first-order valence-corrected chi connectivity index (χ1v) is 2.92. The number of hydrogen-bond donors (Lipinski definition) is 0. The number of rotatable bonds is 1. The van der Waals surface area contributed by atoms with Crippen molar-refractivity contribution in [3.8, 4) is 0 Å². The number of carbonyl (C=O) groups is 1. The molecule has 0 saturated carbocycles. The Morgan fingerprint density at radius 2 is 1.92 bits per heavy atom. The van der Waals surface area contributed by atoms with Crippen molar-refractivity contribution in [3.05, 3.63) is 24.2 Å². The van der Waals surface area contributed by atoms with E-state index < -0.39 is 12.3 Å². The van der Waals surface area contributed by atoms with Crippen LogP contribution in [0.5, 0.6) is 0 Å². The summed E-state index contributed by atoms with van der Waals surface area (Å²) in [7, 11) is 0. The topological polar surface area (TPSA) is 76.3 Å². The SMILES string of the molecule is O=Cc1ccco1.[Na+].[Na+].[O-]S[O-]. The Kier molecular flexibility index (Phi) is 23.2. The van der Waals surface area contributed by atoms with Gasteiger partial charge in [0.15, 0.2) is 12.0 Å². The quantitative estimate of drug-likeness (QED) is 0.261. The van der Waals surface area contributed by atoms with Gasteiger partial charge in [0.25, 0.3) is 0 Å². The van der Waals surface area contributed by atoms with E-state index in [9.17, 15) is 4.79 Å². The van der Waals surface area contributed by atoms with Gasteiger partial charge in [-0.2, -0.15) is 0 Å². The van der Waals surface area contributed by atoms with E-state index in [0.717, 1.165) is 0 Å². The number of carbonyl (C=O) groups excluding carboxylic acids is 1. The molecule has 0 bridgehead atoms. The van der Waals surface area contributed by atoms with Crippen molar-refractivity contribution < 1.29 is 77.4 Å². The Bertz CT molecular complexity index is 168. The predicted molar refractivity (Wildman–Crippen MR) is 33.2 cm³/mol. The van der Waals surface area contributed by atoms with Gasteiger partial charge in [-0.3, -0.25) is 4.79 Å². The molecule has 1 heterocycles. The molecular weight excluding hydrogens is 202 g/mol. The second-order valence-corrected chi connectivity index (χ2v) is 1.34. The molecule has 4 nitrogen and oxygen atoms in total. The second-order valence-electron chi connectivity index (χ2n) is 1.20. The minimum Gasteiger partial charge on any atom is -0.811 e. The average Bonchev–Trinajstić information content (AvgIpc) is 2.39. The van der Waals surface area contributed by atoms with Gasteiger partial charge in [-0.1, -0.05) is 0 Å². The van der Waals surface area contributed by atoms with Crippen molar-refractivity contribution >= 4 is 18.6 Å². The molecule has 0 aliphatic rings. The van der Waals surface area contributed by atoms with E-state index in [1.54, 1.807) is 12.1 Å². The number of hydrogen-bond acceptors (Lipinski definition) is 5. The molecule has 0 spiro atoms. The smallest absolute Gasteiger partial charge is 0.811 e. The van der Waals surface area contributed by atoms with E-state index >= 15 is 0 Å². The third kappa shape index (κ3) is 11.2. The predicted octanol–water partition coefficient (Wildman–Crippen LogP) is -4.92. The monoisotopic (exact) mass is 206 g/mol. The average molecular weight is 206 g/mol. The first kappa shape index (κ1) is 18.9.